The number of nitrogens with zero attached hydrogens (tertiary/aromatic N) is 7. The van der Waals surface area contributed by atoms with Crippen molar-refractivity contribution in [3.8, 4) is 0 Å². The molecule has 8 fully saturated rings. The summed E-state index contributed by atoms with van der Waals surface area (Å²) in [6, 6.07) is 16.7. The Kier molecular flexibility index (Phi) is 37.0. The SMILES string of the molecule is CC(=O)NCCCOP(=O)(O)OC1CC(n2ccc3cc([N+](=O)O)ccc32)OC1COP(=O)(O)OC1CC(n2ccc3cc([N+](=O)O)ccc32)OC1COP(=O)(O)OC1CC(n2ccc3cc([N+](=O)O)ccc32)OC1COP(=O)(O)OC1CC(C)OC1COP(=O)(O)OC1CC(C)OC1COP(=O)(O)OC1CC(C)OC1COP(=O)(O)OC1CCOC1COP(=O)(O)OC1CC(n2cc(C)c(=O)[nH]c2=O)OC1COP(=O)(O)O. The van der Waals surface area contributed by atoms with Gasteiger partial charge in [0.15, 0.2) is 0 Å². The average Bonchev–Trinajstić information content (AvgIpc) is 1.61. The van der Waals surface area contributed by atoms with E-state index in [-0.39, 0.29) is 96.7 Å². The van der Waals surface area contributed by atoms with Gasteiger partial charge >= 0.3 is 93.2 Å². The number of amides is 1. The molecule has 4 aromatic heterocycles. The fraction of sp³-hybridized carbons (Fsp3) is 0.623. The normalized spacial score (nSPS) is 31.3. The van der Waals surface area contributed by atoms with Gasteiger partial charge < -0.3 is 106 Å². The van der Waals surface area contributed by atoms with E-state index in [0.29, 0.717) is 32.7 Å². The number of aromatic amines is 1. The molecule has 0 radical (unpaired) electrons. The number of hydrogen-bond acceptors (Lipinski definition) is 40. The second-order valence-electron chi connectivity index (χ2n) is 35.4. The minimum atomic E-state index is -5.57. The van der Waals surface area contributed by atoms with Crippen LogP contribution in [0.25, 0.3) is 32.7 Å². The quantitative estimate of drug-likeness (QED) is 0.00967. The molecule has 822 valence electrons. The summed E-state index contributed by atoms with van der Waals surface area (Å²) in [5.41, 5.74) is -1.01. The standard InChI is InChI=1S/C77H106N9O53P9/c1-42-33-83(77(89)79-76(42)88)75-32-63(68(131-75)35-117-140(96,97)98)139-143(103,104)118-34-64-56(16-22-115-64)132-142(101,102)119-36-65-57(23-43(2)125-65)133-144(105,106)120-37-66-58(24-44(3)126-66)134-145(107,108)121-38-67-59(25-45(4)127-67)135-146(109,110)122-40-70-61(30-73(129-70)81-19-14-48-27-51(85(92)93)8-11-54(48)81)137-148(113,114)124-41-71-62(31-74(130-71)82-20-15-49-28-52(86(94)95)9-12-55(49)82)138-147(111,112)123-39-69-60(136-141(99,100)116-21-6-17-78-46(5)87)29-72(128-69)80-18-13-47-26-50(84(90)91)7-10-53(47)80/h7-15,18-20,26-28,33,43-45,56-75H,6,16-17,21-25,29-32,34-41H2,1-5H3,(H12-3,78,79,87,88,89,90,91,92,93,94,95,96,97,98,99,100,101,102,103,104,105,106,107,108,109,110,111,112,113,114)/p+3. The Morgan fingerprint density at radius 2 is 0.662 bits per heavy atom. The van der Waals surface area contributed by atoms with Gasteiger partial charge in [-0.05, 0) is 70.5 Å². The lowest BCUT2D eigenvalue weighted by Crippen LogP contribution is -2.33. The van der Waals surface area contributed by atoms with Crippen molar-refractivity contribution < 1.29 is 240 Å². The van der Waals surface area contributed by atoms with Gasteiger partial charge in [-0.3, -0.25) is 96.0 Å². The third-order valence-electron chi connectivity index (χ3n) is 24.5. The Morgan fingerprint density at radius 1 is 0.385 bits per heavy atom. The van der Waals surface area contributed by atoms with Gasteiger partial charge in [-0.2, -0.15) is 0 Å². The molecule has 0 saturated carbocycles. The van der Waals surface area contributed by atoms with Crippen LogP contribution < -0.4 is 16.6 Å². The highest BCUT2D eigenvalue weighted by molar-refractivity contribution is 7.49. The number of fused-ring (bicyclic) bond motifs is 3. The molecule has 71 heteroatoms. The molecule has 0 bridgehead atoms. The summed E-state index contributed by atoms with van der Waals surface area (Å²) in [5.74, 6) is -0.379. The molecule has 8 saturated heterocycles. The maximum absolute atomic E-state index is 14.6. The van der Waals surface area contributed by atoms with Crippen molar-refractivity contribution in [2.24, 2.45) is 0 Å². The molecular formula is C77H109N9O53P9+3. The van der Waals surface area contributed by atoms with E-state index < -0.39 is 300 Å². The summed E-state index contributed by atoms with van der Waals surface area (Å²) in [5, 5.41) is 32.7. The van der Waals surface area contributed by atoms with Crippen molar-refractivity contribution in [2.45, 2.75) is 233 Å². The number of nitrogens with one attached hydrogen (secondary N) is 2. The lowest BCUT2D eigenvalue weighted by Gasteiger charge is -2.26. The number of phosphoric acid groups is 9. The lowest BCUT2D eigenvalue weighted by atomic mass is 10.1. The first-order valence-corrected chi connectivity index (χ1v) is 59.0. The molecule has 3 aromatic carbocycles. The number of carbonyl (C=O) groups excluding carboxylic acids is 1. The predicted molar refractivity (Wildman–Crippen MR) is 489 cm³/mol. The molecule has 15 N–H and O–H groups in total. The van der Waals surface area contributed by atoms with E-state index in [4.69, 9.17) is 110 Å². The van der Waals surface area contributed by atoms with Gasteiger partial charge in [0.25, 0.3) is 20.3 Å². The van der Waals surface area contributed by atoms with Gasteiger partial charge in [-0.25, -0.2) is 61.5 Å². The summed E-state index contributed by atoms with van der Waals surface area (Å²) >= 11 is 0. The van der Waals surface area contributed by atoms with Crippen LogP contribution in [-0.4, -0.2) is 297 Å². The van der Waals surface area contributed by atoms with E-state index in [1.165, 1.54) is 134 Å². The molecule has 12 heterocycles. The number of ether oxygens (including phenoxy) is 8. The van der Waals surface area contributed by atoms with Gasteiger partial charge in [0.1, 0.15) is 123 Å². The summed E-state index contributed by atoms with van der Waals surface area (Å²) in [7, 11) is -47.6. The zero-order valence-electron chi connectivity index (χ0n) is 78.5. The number of carbonyl (C=O) groups is 1. The molecule has 62 nitrogen and oxygen atoms in total. The van der Waals surface area contributed by atoms with E-state index in [2.05, 4.69) is 14.8 Å². The van der Waals surface area contributed by atoms with E-state index in [9.17, 15) is 135 Å². The van der Waals surface area contributed by atoms with Gasteiger partial charge in [-0.1, -0.05) is 0 Å². The first-order chi connectivity index (χ1) is 69.4. The van der Waals surface area contributed by atoms with Gasteiger partial charge in [0, 0.05) is 154 Å². The molecule has 148 heavy (non-hydrogen) atoms. The second kappa shape index (κ2) is 47.5. The van der Waals surface area contributed by atoms with E-state index in [1.807, 2.05) is 0 Å². The number of benzene rings is 3. The summed E-state index contributed by atoms with van der Waals surface area (Å²) < 4.78 is 268. The van der Waals surface area contributed by atoms with Crippen molar-refractivity contribution in [3.05, 3.63) is 139 Å². The summed E-state index contributed by atoms with van der Waals surface area (Å²) in [6.45, 7) is -0.662. The Bertz CT molecular complexity index is 6560. The van der Waals surface area contributed by atoms with E-state index in [0.717, 1.165) is 10.8 Å². The Balaban J connectivity index is 0.552. The highest BCUT2D eigenvalue weighted by Crippen LogP contribution is 2.59. The fourth-order valence-electron chi connectivity index (χ4n) is 17.8. The third kappa shape index (κ3) is 30.8. The number of hydrogen-bond donors (Lipinski definition) is 15. The minimum Gasteiger partial charge on any atom is -0.373 e. The van der Waals surface area contributed by atoms with E-state index >= 15 is 0 Å². The lowest BCUT2D eigenvalue weighted by molar-refractivity contribution is -0.729. The van der Waals surface area contributed by atoms with Crippen LogP contribution in [0.1, 0.15) is 116 Å². The smallest absolute Gasteiger partial charge is 0.373 e. The van der Waals surface area contributed by atoms with Crippen molar-refractivity contribution in [3.63, 3.8) is 0 Å². The van der Waals surface area contributed by atoms with Crippen LogP contribution in [0.4, 0.5) is 17.1 Å². The number of phosphoric ester groups is 9. The Hall–Kier alpha value is -6.70. The monoisotopic (exact) mass is 2290 g/mol. The average molecular weight is 2290 g/mol. The van der Waals surface area contributed by atoms with Gasteiger partial charge in [0.05, 0.1) is 109 Å². The van der Waals surface area contributed by atoms with Crippen molar-refractivity contribution in [1.82, 2.24) is 28.6 Å². The van der Waals surface area contributed by atoms with Crippen LogP contribution in [0, 0.1) is 21.6 Å². The first-order valence-electron chi connectivity index (χ1n) is 45.5. The zero-order valence-corrected chi connectivity index (χ0v) is 86.5. The number of H-pyrrole nitrogens is 1. The van der Waals surface area contributed by atoms with Crippen LogP contribution in [-0.2, 0) is 161 Å². The molecule has 15 rings (SSSR count). The molecule has 1 amide bonds. The molecule has 0 spiro atoms. The molecule has 8 aliphatic rings. The molecule has 7 aromatic rings. The maximum Gasteiger partial charge on any atom is 0.472 e. The fourth-order valence-corrected chi connectivity index (χ4v) is 25.9. The highest BCUT2D eigenvalue weighted by Gasteiger charge is 2.53. The Morgan fingerprint density at radius 3 is 0.966 bits per heavy atom. The molecule has 0 aliphatic carbocycles. The van der Waals surface area contributed by atoms with Crippen LogP contribution in [0.2, 0.25) is 0 Å². The predicted octanol–water partition coefficient (Wildman–Crippen LogP) is 8.33. The molecular weight excluding hydrogens is 2180 g/mol. The second-order valence-corrected chi connectivity index (χ2v) is 47.9. The highest BCUT2D eigenvalue weighted by atomic mass is 31.2. The number of aryl methyl sites for hydroxylation is 1. The minimum absolute atomic E-state index is 0.0551. The van der Waals surface area contributed by atoms with Gasteiger partial charge in [-0.15, -0.1) is 0 Å². The molecule has 31 unspecified atom stereocenters. The van der Waals surface area contributed by atoms with Crippen LogP contribution in [0.5, 0.6) is 0 Å². The van der Waals surface area contributed by atoms with E-state index in [1.54, 1.807) is 6.07 Å². The maximum atomic E-state index is 14.6. The number of aromatic nitrogens is 5. The van der Waals surface area contributed by atoms with Gasteiger partial charge in [0.2, 0.25) is 5.91 Å². The largest absolute Gasteiger partial charge is 0.472 e. The molecule has 8 aliphatic heterocycles. The first kappa shape index (κ1) is 115. The van der Waals surface area contributed by atoms with Crippen molar-refractivity contribution in [2.75, 3.05) is 72.6 Å². The van der Waals surface area contributed by atoms with Crippen molar-refractivity contribution >= 4 is 126 Å². The summed E-state index contributed by atoms with van der Waals surface area (Å²) in [6.07, 6.45) is -27.6. The molecule has 31 atom stereocenters. The zero-order chi connectivity index (χ0) is 107. The van der Waals surface area contributed by atoms with Crippen molar-refractivity contribution in [1.29, 1.82) is 0 Å². The van der Waals surface area contributed by atoms with Crippen LogP contribution >= 0.6 is 70.4 Å². The van der Waals surface area contributed by atoms with Crippen LogP contribution in [0.3, 0.4) is 0 Å². The van der Waals surface area contributed by atoms with Crippen LogP contribution in [0.15, 0.2) is 107 Å². The third-order valence-corrected chi connectivity index (χ3v) is 33.1. The summed E-state index contributed by atoms with van der Waals surface area (Å²) in [4.78, 5) is 181. The topological polar surface area (TPSA) is 806 Å². The Labute approximate surface area is 835 Å². The number of rotatable bonds is 52.